The second-order valence-corrected chi connectivity index (χ2v) is 7.44. The highest BCUT2D eigenvalue weighted by Crippen LogP contribution is 2.18. The summed E-state index contributed by atoms with van der Waals surface area (Å²) in [5.41, 5.74) is 1.44. The van der Waals surface area contributed by atoms with Gasteiger partial charge in [0.05, 0.1) is 12.6 Å². The highest BCUT2D eigenvalue weighted by Gasteiger charge is 2.21. The summed E-state index contributed by atoms with van der Waals surface area (Å²) in [7, 11) is 0. The van der Waals surface area contributed by atoms with E-state index in [1.807, 2.05) is 43.3 Å². The summed E-state index contributed by atoms with van der Waals surface area (Å²) in [6.07, 6.45) is 3.49. The minimum absolute atomic E-state index is 0.0350. The van der Waals surface area contributed by atoms with Crippen LogP contribution in [0.1, 0.15) is 44.9 Å². The summed E-state index contributed by atoms with van der Waals surface area (Å²) in [6.45, 7) is 7.73. The number of aromatic nitrogens is 1. The number of carbonyl (C=O) groups excluding carboxylic acids is 2. The number of hydrogen-bond donors (Lipinski definition) is 2. The fraction of sp³-hybridized carbons (Fsp3) is 0.381. The Morgan fingerprint density at radius 1 is 1.15 bits per heavy atom. The molecule has 0 fully saturated rings. The molecular weight excluding hydrogens is 342 g/mol. The van der Waals surface area contributed by atoms with E-state index in [2.05, 4.69) is 15.6 Å². The Kier molecular flexibility index (Phi) is 6.93. The van der Waals surface area contributed by atoms with Gasteiger partial charge in [0.1, 0.15) is 12.4 Å². The van der Waals surface area contributed by atoms with Gasteiger partial charge in [-0.05, 0) is 30.7 Å². The van der Waals surface area contributed by atoms with Crippen molar-refractivity contribution >= 4 is 11.8 Å². The standard InChI is InChI=1S/C21H27N3O3/c1-15(24-19(25)13-23-20(26)21(2,3)4)17-7-9-18(10-8-17)27-14-16-6-5-11-22-12-16/h5-12,15H,13-14H2,1-4H3,(H,23,26)(H,24,25). The molecule has 0 saturated carbocycles. The van der Waals surface area contributed by atoms with Crippen LogP contribution in [0.2, 0.25) is 0 Å². The Morgan fingerprint density at radius 3 is 2.44 bits per heavy atom. The van der Waals surface area contributed by atoms with E-state index in [0.29, 0.717) is 6.61 Å². The van der Waals surface area contributed by atoms with E-state index in [1.54, 1.807) is 33.2 Å². The molecule has 2 rings (SSSR count). The van der Waals surface area contributed by atoms with Crippen LogP contribution in [0, 0.1) is 5.41 Å². The monoisotopic (exact) mass is 369 g/mol. The molecule has 0 bridgehead atoms. The number of ether oxygens (including phenoxy) is 1. The van der Waals surface area contributed by atoms with Gasteiger partial charge in [-0.25, -0.2) is 0 Å². The predicted molar refractivity (Wildman–Crippen MR) is 104 cm³/mol. The molecule has 0 spiro atoms. The molecule has 1 aromatic carbocycles. The molecule has 2 aromatic rings. The quantitative estimate of drug-likeness (QED) is 0.786. The van der Waals surface area contributed by atoms with Crippen LogP contribution in [-0.2, 0) is 16.2 Å². The smallest absolute Gasteiger partial charge is 0.239 e. The van der Waals surface area contributed by atoms with E-state index >= 15 is 0 Å². The molecule has 0 aliphatic carbocycles. The average Bonchev–Trinajstić information content (AvgIpc) is 2.65. The van der Waals surface area contributed by atoms with Crippen LogP contribution in [0.4, 0.5) is 0 Å². The Hall–Kier alpha value is -2.89. The van der Waals surface area contributed by atoms with Gasteiger partial charge in [0.25, 0.3) is 0 Å². The molecule has 2 N–H and O–H groups in total. The van der Waals surface area contributed by atoms with E-state index in [1.165, 1.54) is 0 Å². The van der Waals surface area contributed by atoms with E-state index in [9.17, 15) is 9.59 Å². The maximum absolute atomic E-state index is 12.0. The number of benzene rings is 1. The maximum Gasteiger partial charge on any atom is 0.239 e. The number of carbonyl (C=O) groups is 2. The lowest BCUT2D eigenvalue weighted by molar-refractivity contribution is -0.131. The molecule has 0 aliphatic heterocycles. The Morgan fingerprint density at radius 2 is 1.85 bits per heavy atom. The van der Waals surface area contributed by atoms with Gasteiger partial charge in [-0.3, -0.25) is 14.6 Å². The summed E-state index contributed by atoms with van der Waals surface area (Å²) in [6, 6.07) is 11.2. The van der Waals surface area contributed by atoms with Crippen LogP contribution in [-0.4, -0.2) is 23.3 Å². The lowest BCUT2D eigenvalue weighted by Crippen LogP contribution is -2.42. The van der Waals surface area contributed by atoms with Crippen molar-refractivity contribution in [3.63, 3.8) is 0 Å². The Labute approximate surface area is 160 Å². The SMILES string of the molecule is CC(NC(=O)CNC(=O)C(C)(C)C)c1ccc(OCc2cccnc2)cc1. The van der Waals surface area contributed by atoms with Gasteiger partial charge in [0.15, 0.2) is 0 Å². The first-order valence-electron chi connectivity index (χ1n) is 8.95. The molecule has 1 atom stereocenters. The molecule has 144 valence electrons. The lowest BCUT2D eigenvalue weighted by Gasteiger charge is -2.19. The van der Waals surface area contributed by atoms with E-state index in [0.717, 1.165) is 16.9 Å². The van der Waals surface area contributed by atoms with Crippen molar-refractivity contribution in [2.45, 2.75) is 40.3 Å². The number of nitrogens with one attached hydrogen (secondary N) is 2. The van der Waals surface area contributed by atoms with Crippen molar-refractivity contribution in [1.82, 2.24) is 15.6 Å². The number of nitrogens with zero attached hydrogens (tertiary/aromatic N) is 1. The second-order valence-electron chi connectivity index (χ2n) is 7.44. The molecule has 0 saturated heterocycles. The fourth-order valence-electron chi connectivity index (χ4n) is 2.30. The van der Waals surface area contributed by atoms with Crippen molar-refractivity contribution in [2.75, 3.05) is 6.54 Å². The van der Waals surface area contributed by atoms with Crippen LogP contribution in [0.5, 0.6) is 5.75 Å². The molecule has 1 aromatic heterocycles. The first kappa shape index (κ1) is 20.4. The summed E-state index contributed by atoms with van der Waals surface area (Å²) < 4.78 is 5.73. The van der Waals surface area contributed by atoms with Crippen molar-refractivity contribution < 1.29 is 14.3 Å². The van der Waals surface area contributed by atoms with Gasteiger partial charge in [0.2, 0.25) is 11.8 Å². The third kappa shape index (κ3) is 6.73. The maximum atomic E-state index is 12.0. The van der Waals surface area contributed by atoms with Gasteiger partial charge in [0, 0.05) is 23.4 Å². The van der Waals surface area contributed by atoms with Crippen LogP contribution in [0.3, 0.4) is 0 Å². The highest BCUT2D eigenvalue weighted by atomic mass is 16.5. The predicted octanol–water partition coefficient (Wildman–Crippen LogP) is 3.00. The normalized spacial score (nSPS) is 12.1. The van der Waals surface area contributed by atoms with Gasteiger partial charge >= 0.3 is 0 Å². The molecule has 6 nitrogen and oxygen atoms in total. The van der Waals surface area contributed by atoms with Crippen molar-refractivity contribution in [1.29, 1.82) is 0 Å². The van der Waals surface area contributed by atoms with Gasteiger partial charge in [-0.1, -0.05) is 39.0 Å². The molecule has 6 heteroatoms. The van der Waals surface area contributed by atoms with Crippen LogP contribution in [0.15, 0.2) is 48.8 Å². The summed E-state index contributed by atoms with van der Waals surface area (Å²) in [4.78, 5) is 27.9. The number of rotatable bonds is 7. The Balaban J connectivity index is 1.81. The zero-order valence-corrected chi connectivity index (χ0v) is 16.3. The summed E-state index contributed by atoms with van der Waals surface area (Å²) in [5.74, 6) is 0.371. The molecule has 1 heterocycles. The van der Waals surface area contributed by atoms with Crippen molar-refractivity contribution in [3.8, 4) is 5.75 Å². The van der Waals surface area contributed by atoms with E-state index in [-0.39, 0.29) is 24.4 Å². The lowest BCUT2D eigenvalue weighted by atomic mass is 9.96. The second kappa shape index (κ2) is 9.16. The van der Waals surface area contributed by atoms with E-state index < -0.39 is 5.41 Å². The fourth-order valence-corrected chi connectivity index (χ4v) is 2.30. The molecule has 1 unspecified atom stereocenters. The van der Waals surface area contributed by atoms with Gasteiger partial charge in [-0.15, -0.1) is 0 Å². The average molecular weight is 369 g/mol. The third-order valence-corrected chi connectivity index (χ3v) is 3.98. The number of pyridine rings is 1. The minimum Gasteiger partial charge on any atom is -0.489 e. The first-order valence-corrected chi connectivity index (χ1v) is 8.95. The zero-order valence-electron chi connectivity index (χ0n) is 16.3. The van der Waals surface area contributed by atoms with Crippen LogP contribution in [0.25, 0.3) is 0 Å². The van der Waals surface area contributed by atoms with E-state index in [4.69, 9.17) is 4.74 Å². The highest BCUT2D eigenvalue weighted by molar-refractivity contribution is 5.87. The third-order valence-electron chi connectivity index (χ3n) is 3.98. The van der Waals surface area contributed by atoms with Gasteiger partial charge in [-0.2, -0.15) is 0 Å². The molecular formula is C21H27N3O3. The first-order chi connectivity index (χ1) is 12.8. The number of amides is 2. The molecule has 27 heavy (non-hydrogen) atoms. The molecule has 0 aliphatic rings. The molecule has 2 amide bonds. The topological polar surface area (TPSA) is 80.3 Å². The zero-order chi connectivity index (χ0) is 19.9. The minimum atomic E-state index is -0.516. The van der Waals surface area contributed by atoms with Crippen molar-refractivity contribution in [2.24, 2.45) is 5.41 Å². The Bertz CT molecular complexity index is 752. The van der Waals surface area contributed by atoms with Crippen molar-refractivity contribution in [3.05, 3.63) is 59.9 Å². The largest absolute Gasteiger partial charge is 0.489 e. The van der Waals surface area contributed by atoms with Crippen LogP contribution >= 0.6 is 0 Å². The summed E-state index contributed by atoms with van der Waals surface area (Å²) in [5, 5.41) is 5.52. The summed E-state index contributed by atoms with van der Waals surface area (Å²) >= 11 is 0. The van der Waals surface area contributed by atoms with Gasteiger partial charge < -0.3 is 15.4 Å². The van der Waals surface area contributed by atoms with Crippen LogP contribution < -0.4 is 15.4 Å². The molecule has 0 radical (unpaired) electrons. The number of hydrogen-bond acceptors (Lipinski definition) is 4.